The van der Waals surface area contributed by atoms with Gasteiger partial charge < -0.3 is 19.7 Å². The summed E-state index contributed by atoms with van der Waals surface area (Å²) in [5.74, 6) is 0.297. The molecule has 162 valence electrons. The average molecular weight is 421 g/mol. The van der Waals surface area contributed by atoms with Crippen LogP contribution in [0.15, 0.2) is 51.7 Å². The molecule has 1 aliphatic heterocycles. The molecular weight excluding hydrogens is 392 g/mol. The van der Waals surface area contributed by atoms with E-state index in [1.54, 1.807) is 30.3 Å². The number of aromatic carboxylic acids is 1. The third-order valence-corrected chi connectivity index (χ3v) is 6.08. The monoisotopic (exact) mass is 420 g/mol. The summed E-state index contributed by atoms with van der Waals surface area (Å²) in [6.45, 7) is 7.88. The molecule has 2 aromatic carbocycles. The maximum Gasteiger partial charge on any atom is 0.337 e. The van der Waals surface area contributed by atoms with E-state index in [1.807, 2.05) is 26.0 Å². The number of para-hydroxylation sites is 1. The first-order chi connectivity index (χ1) is 14.8. The maximum atomic E-state index is 13.0. The van der Waals surface area contributed by atoms with Gasteiger partial charge in [0.05, 0.1) is 17.0 Å². The van der Waals surface area contributed by atoms with Crippen molar-refractivity contribution in [2.75, 3.05) is 23.3 Å². The van der Waals surface area contributed by atoms with Gasteiger partial charge in [0, 0.05) is 30.4 Å². The minimum absolute atomic E-state index is 0.0574. The van der Waals surface area contributed by atoms with E-state index >= 15 is 0 Å². The number of carbonyl (C=O) groups is 1. The number of nitrogens with zero attached hydrogens (tertiary/aromatic N) is 1. The SMILES string of the molecule is Cc1cc([C@H](C)Nc2ccccc2C(=O)O)c2oc(N3CCC(C)CC3)cc(=O)c2c1. The summed E-state index contributed by atoms with van der Waals surface area (Å²) in [5, 5.41) is 13.3. The first kappa shape index (κ1) is 21.0. The van der Waals surface area contributed by atoms with Crippen molar-refractivity contribution >= 4 is 28.5 Å². The van der Waals surface area contributed by atoms with Crippen LogP contribution in [0.1, 0.15) is 54.2 Å². The summed E-state index contributed by atoms with van der Waals surface area (Å²) in [6, 6.07) is 12.0. The average Bonchev–Trinajstić information content (AvgIpc) is 2.74. The predicted molar refractivity (Wildman–Crippen MR) is 123 cm³/mol. The van der Waals surface area contributed by atoms with Crippen molar-refractivity contribution in [1.29, 1.82) is 0 Å². The largest absolute Gasteiger partial charge is 0.478 e. The highest BCUT2D eigenvalue weighted by molar-refractivity contribution is 5.94. The Kier molecular flexibility index (Phi) is 5.72. The lowest BCUT2D eigenvalue weighted by Gasteiger charge is -2.30. The molecule has 0 spiro atoms. The zero-order chi connectivity index (χ0) is 22.1. The van der Waals surface area contributed by atoms with Crippen molar-refractivity contribution < 1.29 is 14.3 Å². The third-order valence-electron chi connectivity index (χ3n) is 6.08. The molecule has 0 unspecified atom stereocenters. The van der Waals surface area contributed by atoms with Crippen molar-refractivity contribution in [3.8, 4) is 0 Å². The van der Waals surface area contributed by atoms with Crippen LogP contribution in [0.2, 0.25) is 0 Å². The molecule has 0 saturated carbocycles. The minimum Gasteiger partial charge on any atom is -0.478 e. The second-order valence-corrected chi connectivity index (χ2v) is 8.57. The normalized spacial score (nSPS) is 15.8. The molecule has 4 rings (SSSR count). The number of hydrogen-bond donors (Lipinski definition) is 2. The molecule has 2 heterocycles. The van der Waals surface area contributed by atoms with Crippen LogP contribution in [0.25, 0.3) is 11.0 Å². The summed E-state index contributed by atoms with van der Waals surface area (Å²) in [5.41, 5.74) is 3.02. The summed E-state index contributed by atoms with van der Waals surface area (Å²) in [6.07, 6.45) is 2.15. The lowest BCUT2D eigenvalue weighted by atomic mass is 9.99. The number of hydrogen-bond acceptors (Lipinski definition) is 5. The second-order valence-electron chi connectivity index (χ2n) is 8.57. The van der Waals surface area contributed by atoms with Crippen molar-refractivity contribution in [3.05, 3.63) is 69.4 Å². The van der Waals surface area contributed by atoms with E-state index in [0.29, 0.717) is 28.5 Å². The van der Waals surface area contributed by atoms with Crippen molar-refractivity contribution in [3.63, 3.8) is 0 Å². The van der Waals surface area contributed by atoms with E-state index in [1.165, 1.54) is 0 Å². The van der Waals surface area contributed by atoms with Gasteiger partial charge in [0.25, 0.3) is 0 Å². The molecule has 0 radical (unpaired) electrons. The smallest absolute Gasteiger partial charge is 0.337 e. The molecule has 0 amide bonds. The molecule has 0 bridgehead atoms. The Morgan fingerprint density at radius 1 is 1.19 bits per heavy atom. The molecule has 1 atom stereocenters. The number of carboxylic acid groups (broad SMARTS) is 1. The zero-order valence-corrected chi connectivity index (χ0v) is 18.1. The van der Waals surface area contributed by atoms with Crippen LogP contribution < -0.4 is 15.6 Å². The fourth-order valence-electron chi connectivity index (χ4n) is 4.24. The first-order valence-corrected chi connectivity index (χ1v) is 10.8. The lowest BCUT2D eigenvalue weighted by molar-refractivity contribution is 0.0698. The maximum absolute atomic E-state index is 13.0. The number of anilines is 2. The van der Waals surface area contributed by atoms with Crippen molar-refractivity contribution in [2.24, 2.45) is 5.92 Å². The van der Waals surface area contributed by atoms with Crippen LogP contribution in [0, 0.1) is 12.8 Å². The molecule has 1 saturated heterocycles. The van der Waals surface area contributed by atoms with Gasteiger partial charge in [0.15, 0.2) is 11.3 Å². The molecular formula is C25H28N2O4. The van der Waals surface area contributed by atoms with E-state index in [2.05, 4.69) is 17.1 Å². The van der Waals surface area contributed by atoms with Gasteiger partial charge in [0.2, 0.25) is 0 Å². The third kappa shape index (κ3) is 4.29. The quantitative estimate of drug-likeness (QED) is 0.590. The fraction of sp³-hybridized carbons (Fsp3) is 0.360. The van der Waals surface area contributed by atoms with Crippen molar-refractivity contribution in [2.45, 2.75) is 39.7 Å². The summed E-state index contributed by atoms with van der Waals surface area (Å²) in [4.78, 5) is 26.7. The first-order valence-electron chi connectivity index (χ1n) is 10.8. The van der Waals surface area contributed by atoms with Crippen molar-refractivity contribution in [1.82, 2.24) is 0 Å². The van der Waals surface area contributed by atoms with E-state index < -0.39 is 5.97 Å². The molecule has 1 aromatic heterocycles. The molecule has 6 heteroatoms. The van der Waals surface area contributed by atoms with Crippen LogP contribution in [0.5, 0.6) is 0 Å². The molecule has 1 fully saturated rings. The Bertz CT molecular complexity index is 1180. The number of fused-ring (bicyclic) bond motifs is 1. The highest BCUT2D eigenvalue weighted by Gasteiger charge is 2.21. The van der Waals surface area contributed by atoms with Gasteiger partial charge in [0.1, 0.15) is 5.58 Å². The van der Waals surface area contributed by atoms with Gasteiger partial charge >= 0.3 is 5.97 Å². The molecule has 2 N–H and O–H groups in total. The fourth-order valence-corrected chi connectivity index (χ4v) is 4.24. The van der Waals surface area contributed by atoms with Crippen LogP contribution in [0.4, 0.5) is 11.6 Å². The van der Waals surface area contributed by atoms with Gasteiger partial charge in [-0.2, -0.15) is 0 Å². The van der Waals surface area contributed by atoms with E-state index in [4.69, 9.17) is 4.42 Å². The molecule has 6 nitrogen and oxygen atoms in total. The Morgan fingerprint density at radius 3 is 2.61 bits per heavy atom. The van der Waals surface area contributed by atoms with Crippen LogP contribution in [-0.4, -0.2) is 24.2 Å². The van der Waals surface area contributed by atoms with E-state index in [9.17, 15) is 14.7 Å². The number of nitrogens with one attached hydrogen (secondary N) is 1. The van der Waals surface area contributed by atoms with E-state index in [-0.39, 0.29) is 17.0 Å². The number of benzene rings is 2. The Hall–Kier alpha value is -3.28. The predicted octanol–water partition coefficient (Wildman–Crippen LogP) is 5.21. The van der Waals surface area contributed by atoms with E-state index in [0.717, 1.165) is 37.1 Å². The highest BCUT2D eigenvalue weighted by atomic mass is 16.4. The van der Waals surface area contributed by atoms with Crippen LogP contribution >= 0.6 is 0 Å². The zero-order valence-electron chi connectivity index (χ0n) is 18.1. The topological polar surface area (TPSA) is 82.8 Å². The summed E-state index contributed by atoms with van der Waals surface area (Å²) >= 11 is 0. The molecule has 3 aromatic rings. The number of carboxylic acids is 1. The van der Waals surface area contributed by atoms with Gasteiger partial charge in [-0.1, -0.05) is 25.1 Å². The van der Waals surface area contributed by atoms with Gasteiger partial charge in [-0.25, -0.2) is 4.79 Å². The lowest BCUT2D eigenvalue weighted by Crippen LogP contribution is -2.33. The van der Waals surface area contributed by atoms with Gasteiger partial charge in [-0.3, -0.25) is 4.79 Å². The second kappa shape index (κ2) is 8.46. The van der Waals surface area contributed by atoms with Crippen LogP contribution in [-0.2, 0) is 0 Å². The standard InChI is InChI=1S/C25H28N2O4/c1-15-8-10-27(11-9-15)23-14-22(28)20-13-16(2)12-19(24(20)31-23)17(3)26-21-7-5-4-6-18(21)25(29)30/h4-7,12-15,17,26H,8-11H2,1-3H3,(H,29,30)/t17-/m0/s1. The minimum atomic E-state index is -0.988. The molecule has 0 aliphatic carbocycles. The Labute approximate surface area is 181 Å². The number of piperidine rings is 1. The Balaban J connectivity index is 1.76. The molecule has 31 heavy (non-hydrogen) atoms. The molecule has 1 aliphatic rings. The summed E-state index contributed by atoms with van der Waals surface area (Å²) in [7, 11) is 0. The highest BCUT2D eigenvalue weighted by Crippen LogP contribution is 2.31. The van der Waals surface area contributed by atoms with Gasteiger partial charge in [-0.15, -0.1) is 0 Å². The summed E-state index contributed by atoms with van der Waals surface area (Å²) < 4.78 is 6.31. The Morgan fingerprint density at radius 2 is 1.90 bits per heavy atom. The number of aryl methyl sites for hydroxylation is 1. The number of rotatable bonds is 5. The van der Waals surface area contributed by atoms with Gasteiger partial charge in [-0.05, 0) is 56.4 Å². The van der Waals surface area contributed by atoms with Crippen LogP contribution in [0.3, 0.4) is 0 Å².